The topological polar surface area (TPSA) is 86.7 Å². The molecule has 5 rings (SSSR count). The Hall–Kier alpha value is -3.36. The highest BCUT2D eigenvalue weighted by molar-refractivity contribution is 6.31. The van der Waals surface area contributed by atoms with Gasteiger partial charge in [0, 0.05) is 22.7 Å². The predicted octanol–water partition coefficient (Wildman–Crippen LogP) is 4.40. The Morgan fingerprint density at radius 1 is 1.19 bits per heavy atom. The second-order valence-electron chi connectivity index (χ2n) is 7.33. The fourth-order valence-electron chi connectivity index (χ4n) is 3.53. The fourth-order valence-corrected chi connectivity index (χ4v) is 3.70. The van der Waals surface area contributed by atoms with Crippen molar-refractivity contribution in [2.24, 2.45) is 4.99 Å². The first-order valence-corrected chi connectivity index (χ1v) is 10.1. The number of halogens is 1. The number of aliphatic imine (C=N–C) groups is 1. The number of fused-ring (bicyclic) bond motifs is 1. The van der Waals surface area contributed by atoms with Crippen LogP contribution in [-0.2, 0) is 4.84 Å². The molecule has 0 bridgehead atoms. The van der Waals surface area contributed by atoms with E-state index >= 15 is 0 Å². The van der Waals surface area contributed by atoms with Gasteiger partial charge in [-0.25, -0.2) is 15.4 Å². The second-order valence-corrected chi connectivity index (χ2v) is 7.76. The summed E-state index contributed by atoms with van der Waals surface area (Å²) in [6, 6.07) is 10.9. The molecule has 158 valence electrons. The normalized spacial score (nSPS) is 18.6. The van der Waals surface area contributed by atoms with Crippen LogP contribution in [0.5, 0.6) is 5.88 Å². The number of hydroxylamine groups is 1. The van der Waals surface area contributed by atoms with Gasteiger partial charge in [-0.1, -0.05) is 11.6 Å². The highest BCUT2D eigenvalue weighted by Crippen LogP contribution is 2.32. The molecule has 31 heavy (non-hydrogen) atoms. The molecule has 4 aromatic rings. The van der Waals surface area contributed by atoms with E-state index in [0.717, 1.165) is 16.8 Å². The van der Waals surface area contributed by atoms with E-state index < -0.39 is 0 Å². The van der Waals surface area contributed by atoms with E-state index in [2.05, 4.69) is 15.4 Å². The molecule has 9 heteroatoms. The van der Waals surface area contributed by atoms with Crippen LogP contribution in [0.1, 0.15) is 30.1 Å². The van der Waals surface area contributed by atoms with Gasteiger partial charge in [-0.15, -0.1) is 0 Å². The van der Waals surface area contributed by atoms with Crippen molar-refractivity contribution >= 4 is 28.4 Å². The number of furan rings is 1. The molecule has 2 unspecified atom stereocenters. The van der Waals surface area contributed by atoms with E-state index in [1.54, 1.807) is 19.5 Å². The maximum atomic E-state index is 6.08. The molecule has 1 N–H and O–H groups in total. The molecule has 1 aliphatic heterocycles. The van der Waals surface area contributed by atoms with Gasteiger partial charge < -0.3 is 13.7 Å². The van der Waals surface area contributed by atoms with Gasteiger partial charge >= 0.3 is 0 Å². The number of aryl methyl sites for hydroxylation is 1. The molecule has 0 radical (unpaired) electrons. The van der Waals surface area contributed by atoms with Gasteiger partial charge in [-0.05, 0) is 44.2 Å². The maximum Gasteiger partial charge on any atom is 0.238 e. The fraction of sp³-hybridized carbons (Fsp3) is 0.227. The molecule has 2 atom stereocenters. The minimum absolute atomic E-state index is 0.241. The first-order chi connectivity index (χ1) is 15.0. The summed E-state index contributed by atoms with van der Waals surface area (Å²) in [6.45, 7) is 3.85. The van der Waals surface area contributed by atoms with Crippen LogP contribution in [0.3, 0.4) is 0 Å². The van der Waals surface area contributed by atoms with Crippen molar-refractivity contribution in [1.29, 1.82) is 0 Å². The van der Waals surface area contributed by atoms with Gasteiger partial charge in [0.25, 0.3) is 0 Å². The largest absolute Gasteiger partial charge is 0.479 e. The van der Waals surface area contributed by atoms with Crippen LogP contribution < -0.4 is 10.2 Å². The summed E-state index contributed by atoms with van der Waals surface area (Å²) in [7, 11) is 1.58. The van der Waals surface area contributed by atoms with Gasteiger partial charge in [0.1, 0.15) is 34.9 Å². The first-order valence-electron chi connectivity index (χ1n) is 9.76. The number of hydrogen-bond donors (Lipinski definition) is 1. The van der Waals surface area contributed by atoms with Gasteiger partial charge in [0.2, 0.25) is 5.88 Å². The zero-order valence-corrected chi connectivity index (χ0v) is 17.9. The maximum absolute atomic E-state index is 6.08. The number of ether oxygens (including phenoxy) is 1. The van der Waals surface area contributed by atoms with Crippen molar-refractivity contribution in [3.05, 3.63) is 71.1 Å². The number of rotatable bonds is 4. The lowest BCUT2D eigenvalue weighted by Crippen LogP contribution is -2.38. The summed E-state index contributed by atoms with van der Waals surface area (Å²) in [5.74, 6) is 1.64. The molecule has 0 aliphatic carbocycles. The van der Waals surface area contributed by atoms with Crippen LogP contribution in [-0.4, -0.2) is 33.6 Å². The van der Waals surface area contributed by atoms with Crippen LogP contribution in [0.2, 0.25) is 5.02 Å². The Bertz CT molecular complexity index is 1300. The van der Waals surface area contributed by atoms with E-state index in [9.17, 15) is 0 Å². The van der Waals surface area contributed by atoms with Crippen LogP contribution in [0.4, 0.5) is 0 Å². The first kappa shape index (κ1) is 19.6. The van der Waals surface area contributed by atoms with Crippen molar-refractivity contribution in [3.63, 3.8) is 0 Å². The number of nitrogens with zero attached hydrogens (tertiary/aromatic N) is 4. The van der Waals surface area contributed by atoms with Crippen LogP contribution in [0, 0.1) is 6.92 Å². The molecule has 3 aromatic heterocycles. The van der Waals surface area contributed by atoms with Gasteiger partial charge in [0.05, 0.1) is 19.1 Å². The average molecular weight is 438 g/mol. The van der Waals surface area contributed by atoms with Gasteiger partial charge in [-0.3, -0.25) is 9.83 Å². The van der Waals surface area contributed by atoms with E-state index in [-0.39, 0.29) is 12.1 Å². The summed E-state index contributed by atoms with van der Waals surface area (Å²) in [6.07, 6.45) is 3.39. The lowest BCUT2D eigenvalue weighted by atomic mass is 10.1. The molecular formula is C22H20ClN5O3. The standard InChI is InChI=1S/C22H20ClN5O3/c1-12-10-28(11-24-12)17-7-6-16(25-22(17)29-3)21-26-20(13(2)31-27-21)19-8-14-4-5-15(23)9-18(14)30-19/h4-11,13,20H,1-3H3,(H,26,27). The summed E-state index contributed by atoms with van der Waals surface area (Å²) in [5.41, 5.74) is 5.88. The predicted molar refractivity (Wildman–Crippen MR) is 117 cm³/mol. The Labute approximate surface area is 183 Å². The summed E-state index contributed by atoms with van der Waals surface area (Å²) in [4.78, 5) is 19.5. The highest BCUT2D eigenvalue weighted by atomic mass is 35.5. The summed E-state index contributed by atoms with van der Waals surface area (Å²) >= 11 is 6.08. The molecule has 1 aliphatic rings. The van der Waals surface area contributed by atoms with E-state index in [4.69, 9.17) is 30.6 Å². The Morgan fingerprint density at radius 2 is 2.06 bits per heavy atom. The highest BCUT2D eigenvalue weighted by Gasteiger charge is 2.29. The number of hydrogen-bond acceptors (Lipinski definition) is 7. The molecule has 0 fully saturated rings. The van der Waals surface area contributed by atoms with Crippen LogP contribution in [0.15, 0.2) is 58.3 Å². The third-order valence-corrected chi connectivity index (χ3v) is 5.35. The third kappa shape index (κ3) is 3.64. The van der Waals surface area contributed by atoms with Gasteiger partial charge in [-0.2, -0.15) is 0 Å². The number of benzene rings is 1. The SMILES string of the molecule is COc1nc(C2=NC(c3cc4ccc(Cl)cc4o3)C(C)ON2)ccc1-n1cnc(C)c1. The average Bonchev–Trinajstić information content (AvgIpc) is 3.39. The lowest BCUT2D eigenvalue weighted by molar-refractivity contribution is -0.00848. The van der Waals surface area contributed by atoms with E-state index in [1.807, 2.05) is 54.9 Å². The monoisotopic (exact) mass is 437 g/mol. The zero-order valence-electron chi connectivity index (χ0n) is 17.2. The Balaban J connectivity index is 1.51. The van der Waals surface area contributed by atoms with Crippen LogP contribution in [0.25, 0.3) is 16.7 Å². The van der Waals surface area contributed by atoms with Crippen molar-refractivity contribution in [3.8, 4) is 11.6 Å². The summed E-state index contributed by atoms with van der Waals surface area (Å²) in [5, 5.41) is 1.58. The van der Waals surface area contributed by atoms with Crippen molar-refractivity contribution < 1.29 is 14.0 Å². The molecule has 8 nitrogen and oxygen atoms in total. The molecule has 4 heterocycles. The molecular weight excluding hydrogens is 418 g/mol. The molecule has 0 spiro atoms. The minimum Gasteiger partial charge on any atom is -0.479 e. The van der Waals surface area contributed by atoms with E-state index in [1.165, 1.54) is 0 Å². The molecule has 0 saturated carbocycles. The molecule has 0 saturated heterocycles. The van der Waals surface area contributed by atoms with Crippen LogP contribution >= 0.6 is 11.6 Å². The molecule has 1 aromatic carbocycles. The number of amidine groups is 1. The number of aromatic nitrogens is 3. The quantitative estimate of drug-likeness (QED) is 0.509. The Morgan fingerprint density at radius 3 is 2.84 bits per heavy atom. The summed E-state index contributed by atoms with van der Waals surface area (Å²) < 4.78 is 13.4. The number of pyridine rings is 1. The van der Waals surface area contributed by atoms with E-state index in [0.29, 0.717) is 33.8 Å². The second kappa shape index (κ2) is 7.72. The Kier molecular flexibility index (Phi) is 4.88. The number of nitrogens with one attached hydrogen (secondary N) is 1. The third-order valence-electron chi connectivity index (χ3n) is 5.11. The zero-order chi connectivity index (χ0) is 21.5. The van der Waals surface area contributed by atoms with Crippen molar-refractivity contribution in [2.45, 2.75) is 26.0 Å². The number of imidazole rings is 1. The van der Waals surface area contributed by atoms with Crippen molar-refractivity contribution in [2.75, 3.05) is 7.11 Å². The lowest BCUT2D eigenvalue weighted by Gasteiger charge is -2.26. The minimum atomic E-state index is -0.341. The smallest absolute Gasteiger partial charge is 0.238 e. The van der Waals surface area contributed by atoms with Crippen molar-refractivity contribution in [1.82, 2.24) is 20.0 Å². The molecule has 0 amide bonds. The van der Waals surface area contributed by atoms with Gasteiger partial charge in [0.15, 0.2) is 5.84 Å². The number of methoxy groups -OCH3 is 1.